The molecule has 0 N–H and O–H groups in total. The van der Waals surface area contributed by atoms with Gasteiger partial charge in [-0.1, -0.05) is 236 Å². The van der Waals surface area contributed by atoms with E-state index in [9.17, 15) is 63.3 Å². The highest BCUT2D eigenvalue weighted by Crippen LogP contribution is 2.36. The van der Waals surface area contributed by atoms with Gasteiger partial charge in [0.05, 0.1) is 95.6 Å². The van der Waals surface area contributed by atoms with Crippen molar-refractivity contribution in [2.24, 2.45) is 0 Å². The third kappa shape index (κ3) is 42.1. The van der Waals surface area contributed by atoms with Gasteiger partial charge in [0.25, 0.3) is 40.1 Å². The molecule has 0 amide bonds. The number of aryl methyl sites for hydroxylation is 2. The van der Waals surface area contributed by atoms with Crippen LogP contribution >= 0.6 is 11.6 Å². The number of anilines is 4. The normalized spacial score (nSPS) is 10.9. The highest BCUT2D eigenvalue weighted by atomic mass is 35.5. The molecule has 0 bridgehead atoms. The van der Waals surface area contributed by atoms with Gasteiger partial charge in [0, 0.05) is 38.3 Å². The lowest BCUT2D eigenvalue weighted by Crippen LogP contribution is -2.35. The van der Waals surface area contributed by atoms with Gasteiger partial charge in [-0.3, -0.25) is 17.2 Å². The van der Waals surface area contributed by atoms with Crippen LogP contribution < -0.4 is 31.4 Å². The van der Waals surface area contributed by atoms with Crippen molar-refractivity contribution in [1.29, 1.82) is 0 Å². The van der Waals surface area contributed by atoms with Gasteiger partial charge in [-0.2, -0.15) is 67.1 Å². The molecule has 0 radical (unpaired) electrons. The first-order chi connectivity index (χ1) is 71.1. The molecule has 44 heteroatoms. The SMILES string of the molecule is COc1ccc(CS(=O)(=O)c2ccccc2)cc1.COc1cccc(N(C)S(=O)(=O)c2ccccc2)c1.COc1ccccc1N(C)S(=O)(=O)c1ccccc1.Cc1cccc(CS(=O)(=O)c2ccccc2)c1.O=C=O.O=C=O.O=C=O.O=C=O.O=C=O.O=C=O.O=C=O.O=S(=O)(Cc1cccc(Cl)c1)c1ccccc1.O=S(=O)(c1cccc(F)c1)N1CCCc2ccccc21.O=S(=O)(c1ccccc1)N1CCc2ccccc21. The van der Waals surface area contributed by atoms with Crippen LogP contribution in [0.2, 0.25) is 5.02 Å². The molecule has 0 saturated heterocycles. The molecular weight excluding hydrogens is 2090 g/mol. The maximum absolute atomic E-state index is 13.3. The maximum Gasteiger partial charge on any atom is 0.373 e. The molecule has 778 valence electrons. The van der Waals surface area contributed by atoms with Crippen LogP contribution in [0.15, 0.2) is 410 Å². The Hall–Kier alpha value is -16.8. The van der Waals surface area contributed by atoms with Crippen molar-refractivity contribution in [2.45, 2.75) is 77.7 Å². The minimum Gasteiger partial charge on any atom is -0.497 e. The highest BCUT2D eigenvalue weighted by molar-refractivity contribution is 7.94. The maximum atomic E-state index is 13.3. The van der Waals surface area contributed by atoms with Crippen molar-refractivity contribution < 1.29 is 145 Å². The van der Waals surface area contributed by atoms with Crippen LogP contribution in [0.1, 0.15) is 39.8 Å². The Morgan fingerprint density at radius 3 is 1.05 bits per heavy atom. The zero-order valence-corrected chi connectivity index (χ0v) is 86.5. The summed E-state index contributed by atoms with van der Waals surface area (Å²) in [4.78, 5) is 116. The van der Waals surface area contributed by atoms with Gasteiger partial charge in [-0.25, -0.2) is 63.3 Å². The van der Waals surface area contributed by atoms with Crippen LogP contribution in [-0.2, 0) is 167 Å². The first-order valence-electron chi connectivity index (χ1n) is 42.7. The van der Waals surface area contributed by atoms with Crippen LogP contribution in [0.3, 0.4) is 0 Å². The number of nitrogens with zero attached hydrogens (tertiary/aromatic N) is 4. The highest BCUT2D eigenvalue weighted by Gasteiger charge is 2.32. The number of ether oxygens (including phenoxy) is 3. The van der Waals surface area contributed by atoms with E-state index in [0.717, 1.165) is 64.6 Å². The summed E-state index contributed by atoms with van der Waals surface area (Å²) >= 11 is 5.82. The minimum atomic E-state index is -3.70. The lowest BCUT2D eigenvalue weighted by molar-refractivity contribution is -0.193. The molecule has 35 nitrogen and oxygen atoms in total. The number of methoxy groups -OCH3 is 3. The summed E-state index contributed by atoms with van der Waals surface area (Å²) in [6, 6.07) is 106. The molecule has 14 aromatic carbocycles. The topological polar surface area (TPSA) is 519 Å². The molecule has 2 aliphatic rings. The lowest BCUT2D eigenvalue weighted by Gasteiger charge is -2.30. The molecule has 0 aromatic heterocycles. The smallest absolute Gasteiger partial charge is 0.373 e. The number of sulfonamides is 4. The predicted octanol–water partition coefficient (Wildman–Crippen LogP) is 15.3. The molecular formula is C105H96ClFN4O31S7. The van der Waals surface area contributed by atoms with Gasteiger partial charge in [-0.15, -0.1) is 0 Å². The van der Waals surface area contributed by atoms with Crippen molar-refractivity contribution in [3.8, 4) is 17.2 Å². The number of hydrogen-bond donors (Lipinski definition) is 0. The molecule has 2 heterocycles. The number of para-hydroxylation sites is 4. The summed E-state index contributed by atoms with van der Waals surface area (Å²) < 4.78 is 207. The zero-order chi connectivity index (χ0) is 111. The number of sulfone groups is 3. The summed E-state index contributed by atoms with van der Waals surface area (Å²) in [5, 5.41) is 0.547. The molecule has 2 aliphatic heterocycles. The summed E-state index contributed by atoms with van der Waals surface area (Å²) in [6.07, 6.45) is 4.17. The second kappa shape index (κ2) is 66.3. The zero-order valence-electron chi connectivity index (χ0n) is 80.0. The molecule has 149 heavy (non-hydrogen) atoms. The second-order valence-corrected chi connectivity index (χ2v) is 43.3. The number of benzene rings is 14. The summed E-state index contributed by atoms with van der Waals surface area (Å²) in [5.74, 6) is 1.33. The van der Waals surface area contributed by atoms with Crippen molar-refractivity contribution >= 4 is 147 Å². The van der Waals surface area contributed by atoms with Gasteiger partial charge in [0.15, 0.2) is 29.5 Å². The number of fused-ring (bicyclic) bond motifs is 2. The Labute approximate surface area is 866 Å². The molecule has 0 atom stereocenters. The molecule has 0 saturated carbocycles. The van der Waals surface area contributed by atoms with E-state index in [-0.39, 0.29) is 75.0 Å². The van der Waals surface area contributed by atoms with E-state index in [1.807, 2.05) is 85.8 Å². The minimum absolute atomic E-state index is 0.001000. The van der Waals surface area contributed by atoms with Gasteiger partial charge < -0.3 is 14.2 Å². The second-order valence-electron chi connectivity index (χ2n) is 29.2. The number of rotatable bonds is 22. The van der Waals surface area contributed by atoms with Crippen LogP contribution in [0.25, 0.3) is 0 Å². The van der Waals surface area contributed by atoms with Gasteiger partial charge in [-0.05, 0) is 206 Å². The number of carbonyl (C=O) groups excluding carboxylic acids is 14. The van der Waals surface area contributed by atoms with Gasteiger partial charge >= 0.3 is 43.1 Å². The third-order valence-corrected chi connectivity index (χ3v) is 32.3. The van der Waals surface area contributed by atoms with Gasteiger partial charge in [0.2, 0.25) is 0 Å². The fourth-order valence-corrected chi connectivity index (χ4v) is 23.0. The first kappa shape index (κ1) is 126. The molecule has 0 spiro atoms. The van der Waals surface area contributed by atoms with Crippen molar-refractivity contribution in [1.82, 2.24) is 0 Å². The van der Waals surface area contributed by atoms with E-state index < -0.39 is 75.4 Å². The molecule has 14 aromatic rings. The van der Waals surface area contributed by atoms with E-state index in [1.54, 1.807) is 287 Å². The fourth-order valence-electron chi connectivity index (χ4n) is 13.2. The Morgan fingerprint density at radius 2 is 0.638 bits per heavy atom. The summed E-state index contributed by atoms with van der Waals surface area (Å²) in [5.41, 5.74) is 8.03. The van der Waals surface area contributed by atoms with Crippen LogP contribution in [0.5, 0.6) is 17.2 Å². The molecule has 16 rings (SSSR count). The number of hydrogen-bond acceptors (Lipinski definition) is 31. The summed E-state index contributed by atoms with van der Waals surface area (Å²) in [7, 11) is -16.3. The Bertz CT molecular complexity index is 7450. The van der Waals surface area contributed by atoms with Crippen LogP contribution in [0.4, 0.5) is 27.1 Å². The third-order valence-electron chi connectivity index (χ3n) is 19.8. The van der Waals surface area contributed by atoms with Crippen LogP contribution in [-0.4, -0.2) is 150 Å². The van der Waals surface area contributed by atoms with E-state index in [4.69, 9.17) is 92.9 Å². The van der Waals surface area contributed by atoms with Crippen molar-refractivity contribution in [3.05, 3.63) is 420 Å². The molecule has 0 aliphatic carbocycles. The van der Waals surface area contributed by atoms with E-state index in [1.165, 1.54) is 56.6 Å². The Balaban J connectivity index is 0.000000432. The van der Waals surface area contributed by atoms with E-state index in [0.29, 0.717) is 71.8 Å². The molecule has 0 unspecified atom stereocenters. The van der Waals surface area contributed by atoms with E-state index >= 15 is 0 Å². The Morgan fingerprint density at radius 1 is 0.302 bits per heavy atom. The largest absolute Gasteiger partial charge is 0.497 e. The van der Waals surface area contributed by atoms with E-state index in [2.05, 4.69) is 0 Å². The van der Waals surface area contributed by atoms with Crippen molar-refractivity contribution in [2.75, 3.05) is 65.7 Å². The van der Waals surface area contributed by atoms with Gasteiger partial charge in [0.1, 0.15) is 23.1 Å². The number of halogens is 2. The van der Waals surface area contributed by atoms with Crippen LogP contribution in [0, 0.1) is 12.7 Å². The Kier molecular flexibility index (Phi) is 56.2. The average Bonchev–Trinajstić information content (AvgIpc) is 1.76. The summed E-state index contributed by atoms with van der Waals surface area (Å²) in [6.45, 7) is 2.91. The monoisotopic (exact) mass is 2190 g/mol. The standard InChI is InChI=1S/C15H14FNO2S.2C14H15NO3S.C14H13NO2S.C14H14O3S.C14H14O2S.C13H11ClO2S.7CO2/c16-13-7-3-8-14(11-13)20(18,19)17-10-4-6-12-5-1-2-9-15(12)17;1-15(12-7-6-8-13(11-12)18-2)19(16,17)14-9-4-3-5-10-14;1-15(13-10-6-7-11-14(13)18-2)19(16,17)12-8-4-3-5-9-12;16-18(17,13-7-2-1-3-8-13)15-11-10-12-6-4-5-9-14(12)15;1-17-13-9-7-12(8-10-13)11-18(15,16)14-5-3-2-4-6-14;1-12-6-5-7-13(10-12)11-17(15,16)14-8-3-2-4-9-14;14-12-6-4-5-11(9-12)10-17(15,16)13-7-2-1-3-8-13;7*2-1-3/h1-3,5,7-9,11H,4,6,10H2;2*3-11H,1-2H3;1-9H,10-11H2;2-10H,11H2,1H3;2-10H,11H2,1H3;1-9H,10H2;;;;;;;. The quantitative estimate of drug-likeness (QED) is 0.0608. The molecule has 0 fully saturated rings. The lowest BCUT2D eigenvalue weighted by atomic mass is 10.0. The average molecular weight is 2190 g/mol. The fraction of sp³-hybridized carbons (Fsp3) is 0.133. The first-order valence-corrected chi connectivity index (χ1v) is 53.8. The predicted molar refractivity (Wildman–Crippen MR) is 540 cm³/mol. The van der Waals surface area contributed by atoms with Crippen molar-refractivity contribution in [3.63, 3.8) is 0 Å².